The Kier molecular flexibility index (Phi) is 3.08. The van der Waals surface area contributed by atoms with Gasteiger partial charge in [0, 0.05) is 32.8 Å². The third kappa shape index (κ3) is 2.27. The first-order valence-corrected chi connectivity index (χ1v) is 7.31. The zero-order valence-electron chi connectivity index (χ0n) is 10.2. The fourth-order valence-electron chi connectivity index (χ4n) is 1.99. The highest BCUT2D eigenvalue weighted by molar-refractivity contribution is 7.14. The highest BCUT2D eigenvalue weighted by atomic mass is 32.1. The van der Waals surface area contributed by atoms with Gasteiger partial charge in [-0.1, -0.05) is 12.1 Å². The Bertz CT molecular complexity index is 731. The second-order valence-electron chi connectivity index (χ2n) is 4.20. The highest BCUT2D eigenvalue weighted by Gasteiger charge is 2.10. The number of rotatable bonds is 2. The van der Waals surface area contributed by atoms with Gasteiger partial charge in [-0.15, -0.1) is 11.3 Å². The van der Waals surface area contributed by atoms with E-state index in [4.69, 9.17) is 5.73 Å². The summed E-state index contributed by atoms with van der Waals surface area (Å²) >= 11 is 2.58. The predicted molar refractivity (Wildman–Crippen MR) is 80.0 cm³/mol. The van der Waals surface area contributed by atoms with Crippen LogP contribution >= 0.6 is 22.9 Å². The number of hydrogen-bond donors (Lipinski definition) is 1. The molecule has 0 aliphatic carbocycles. The molecule has 0 unspecified atom stereocenters. The second-order valence-corrected chi connectivity index (χ2v) is 6.24. The molecular formula is C14H11FN2S2. The Morgan fingerprint density at radius 3 is 2.58 bits per heavy atom. The molecule has 2 heterocycles. The monoisotopic (exact) mass is 290 g/mol. The van der Waals surface area contributed by atoms with Crippen molar-refractivity contribution in [3.8, 4) is 21.6 Å². The molecule has 0 saturated heterocycles. The van der Waals surface area contributed by atoms with Crippen LogP contribution < -0.4 is 5.73 Å². The molecule has 3 aromatic rings. The summed E-state index contributed by atoms with van der Waals surface area (Å²) in [5, 5.41) is -0.198. The Labute approximate surface area is 118 Å². The Morgan fingerprint density at radius 1 is 1.16 bits per heavy atom. The molecule has 96 valence electrons. The van der Waals surface area contributed by atoms with Gasteiger partial charge in [-0.25, -0.2) is 4.37 Å². The van der Waals surface area contributed by atoms with Crippen LogP contribution in [0.4, 0.5) is 10.1 Å². The lowest BCUT2D eigenvalue weighted by Crippen LogP contribution is -1.90. The maximum absolute atomic E-state index is 13.1. The van der Waals surface area contributed by atoms with Crippen LogP contribution in [0.2, 0.25) is 0 Å². The molecule has 0 spiro atoms. The van der Waals surface area contributed by atoms with E-state index < -0.39 is 0 Å². The van der Waals surface area contributed by atoms with E-state index in [0.717, 1.165) is 37.8 Å². The first-order chi connectivity index (χ1) is 9.15. The Morgan fingerprint density at radius 2 is 2.00 bits per heavy atom. The Hall–Kier alpha value is -1.72. The summed E-state index contributed by atoms with van der Waals surface area (Å²) in [6, 6.07) is 9.07. The van der Waals surface area contributed by atoms with Crippen molar-refractivity contribution in [1.82, 2.24) is 4.37 Å². The summed E-state index contributed by atoms with van der Waals surface area (Å²) in [6.45, 7) is 2.03. The van der Waals surface area contributed by atoms with Gasteiger partial charge >= 0.3 is 0 Å². The third-order valence-corrected chi connectivity index (χ3v) is 4.56. The van der Waals surface area contributed by atoms with Crippen LogP contribution in [0.3, 0.4) is 0 Å². The molecule has 2 nitrogen and oxygen atoms in total. The van der Waals surface area contributed by atoms with Gasteiger partial charge in [0.1, 0.15) is 0 Å². The fourth-order valence-corrected chi connectivity index (χ4v) is 3.35. The van der Waals surface area contributed by atoms with Crippen LogP contribution in [0.25, 0.3) is 21.6 Å². The van der Waals surface area contributed by atoms with Crippen LogP contribution in [-0.4, -0.2) is 4.37 Å². The summed E-state index contributed by atoms with van der Waals surface area (Å²) in [5.74, 6) is 0. The van der Waals surface area contributed by atoms with Crippen molar-refractivity contribution in [1.29, 1.82) is 0 Å². The maximum Gasteiger partial charge on any atom is 0.176 e. The molecule has 0 aliphatic rings. The summed E-state index contributed by atoms with van der Waals surface area (Å²) in [7, 11) is 0. The van der Waals surface area contributed by atoms with Crippen molar-refractivity contribution in [3.05, 3.63) is 46.5 Å². The molecule has 0 atom stereocenters. The van der Waals surface area contributed by atoms with E-state index in [-0.39, 0.29) is 5.13 Å². The normalized spacial score (nSPS) is 10.8. The topological polar surface area (TPSA) is 38.9 Å². The van der Waals surface area contributed by atoms with Gasteiger partial charge in [0.2, 0.25) is 0 Å². The maximum atomic E-state index is 13.1. The van der Waals surface area contributed by atoms with Crippen molar-refractivity contribution in [3.63, 3.8) is 0 Å². The van der Waals surface area contributed by atoms with Crippen LogP contribution in [0.15, 0.2) is 36.5 Å². The molecule has 0 aliphatic heterocycles. The lowest BCUT2D eigenvalue weighted by molar-refractivity contribution is 0.657. The van der Waals surface area contributed by atoms with E-state index in [2.05, 4.69) is 4.37 Å². The standard InChI is InChI=1S/C14H11FN2S2/c1-8-11(7-17-19-8)9-2-3-10(12(16)6-9)13-4-5-14(15)18-13/h2-7H,16H2,1H3. The molecule has 1 aromatic carbocycles. The van der Waals surface area contributed by atoms with E-state index in [0.29, 0.717) is 5.69 Å². The first kappa shape index (κ1) is 12.3. The van der Waals surface area contributed by atoms with E-state index in [1.54, 1.807) is 6.07 Å². The number of benzene rings is 1. The molecule has 5 heteroatoms. The van der Waals surface area contributed by atoms with Crippen LogP contribution in [-0.2, 0) is 0 Å². The van der Waals surface area contributed by atoms with Crippen LogP contribution in [0.5, 0.6) is 0 Å². The summed E-state index contributed by atoms with van der Waals surface area (Å²) in [6.07, 6.45) is 1.85. The molecule has 0 bridgehead atoms. The zero-order chi connectivity index (χ0) is 13.4. The van der Waals surface area contributed by atoms with E-state index in [9.17, 15) is 4.39 Å². The number of aryl methyl sites for hydroxylation is 1. The second kappa shape index (κ2) is 4.75. The van der Waals surface area contributed by atoms with Crippen LogP contribution in [0, 0.1) is 12.1 Å². The van der Waals surface area contributed by atoms with Gasteiger partial charge in [-0.05, 0) is 42.2 Å². The first-order valence-electron chi connectivity index (χ1n) is 5.72. The molecule has 19 heavy (non-hydrogen) atoms. The minimum absolute atomic E-state index is 0.198. The van der Waals surface area contributed by atoms with Crippen LogP contribution in [0.1, 0.15) is 4.88 Å². The van der Waals surface area contributed by atoms with Crippen molar-refractivity contribution in [2.45, 2.75) is 6.92 Å². The summed E-state index contributed by atoms with van der Waals surface area (Å²) in [4.78, 5) is 2.01. The third-order valence-electron chi connectivity index (χ3n) is 2.95. The minimum Gasteiger partial charge on any atom is -0.398 e. The van der Waals surface area contributed by atoms with Crippen molar-refractivity contribution in [2.24, 2.45) is 0 Å². The molecular weight excluding hydrogens is 279 g/mol. The zero-order valence-corrected chi connectivity index (χ0v) is 11.8. The van der Waals surface area contributed by atoms with Gasteiger partial charge in [0.25, 0.3) is 0 Å². The van der Waals surface area contributed by atoms with Crippen molar-refractivity contribution >= 4 is 28.6 Å². The smallest absolute Gasteiger partial charge is 0.176 e. The van der Waals surface area contributed by atoms with Crippen molar-refractivity contribution in [2.75, 3.05) is 5.73 Å². The molecule has 0 saturated carbocycles. The number of thiophene rings is 1. The number of aromatic nitrogens is 1. The lowest BCUT2D eigenvalue weighted by Gasteiger charge is -2.06. The van der Waals surface area contributed by atoms with Gasteiger partial charge in [-0.3, -0.25) is 0 Å². The number of anilines is 1. The average Bonchev–Trinajstić information content (AvgIpc) is 2.98. The van der Waals surface area contributed by atoms with Gasteiger partial charge < -0.3 is 5.73 Å². The molecule has 2 N–H and O–H groups in total. The van der Waals surface area contributed by atoms with Gasteiger partial charge in [-0.2, -0.15) is 4.39 Å². The summed E-state index contributed by atoms with van der Waals surface area (Å²) < 4.78 is 17.2. The van der Waals surface area contributed by atoms with E-state index in [1.165, 1.54) is 17.6 Å². The molecule has 3 rings (SSSR count). The number of nitrogens with zero attached hydrogens (tertiary/aromatic N) is 1. The average molecular weight is 290 g/mol. The van der Waals surface area contributed by atoms with Gasteiger partial charge in [0.15, 0.2) is 5.13 Å². The SMILES string of the molecule is Cc1sncc1-c1ccc(-c2ccc(F)s2)c(N)c1. The Balaban J connectivity index is 2.06. The molecule has 0 fully saturated rings. The van der Waals surface area contributed by atoms with Gasteiger partial charge in [0.05, 0.1) is 0 Å². The lowest BCUT2D eigenvalue weighted by atomic mass is 10.0. The number of halogens is 1. The number of nitrogen functional groups attached to an aromatic ring is 1. The molecule has 0 radical (unpaired) electrons. The molecule has 0 amide bonds. The fraction of sp³-hybridized carbons (Fsp3) is 0.0714. The molecule has 2 aromatic heterocycles. The quantitative estimate of drug-likeness (QED) is 0.702. The van der Waals surface area contributed by atoms with E-state index in [1.807, 2.05) is 31.3 Å². The predicted octanol–water partition coefficient (Wildman–Crippen LogP) is 4.57. The largest absolute Gasteiger partial charge is 0.398 e. The summed E-state index contributed by atoms with van der Waals surface area (Å²) in [5.41, 5.74) is 9.76. The number of hydrogen-bond acceptors (Lipinski definition) is 4. The minimum atomic E-state index is -0.198. The van der Waals surface area contributed by atoms with E-state index >= 15 is 0 Å². The number of nitrogens with two attached hydrogens (primary N) is 1. The highest BCUT2D eigenvalue weighted by Crippen LogP contribution is 2.35. The van der Waals surface area contributed by atoms with Crippen molar-refractivity contribution < 1.29 is 4.39 Å².